The molecule has 0 radical (unpaired) electrons. The van der Waals surface area contributed by atoms with Crippen molar-refractivity contribution in [2.45, 2.75) is 6.42 Å². The second kappa shape index (κ2) is 5.59. The van der Waals surface area contributed by atoms with E-state index in [9.17, 15) is 9.18 Å². The van der Waals surface area contributed by atoms with E-state index in [1.54, 1.807) is 18.2 Å². The first-order valence-corrected chi connectivity index (χ1v) is 6.19. The zero-order chi connectivity index (χ0) is 14.0. The van der Waals surface area contributed by atoms with Gasteiger partial charge in [-0.15, -0.1) is 0 Å². The third-order valence-corrected chi connectivity index (χ3v) is 3.39. The Kier molecular flexibility index (Phi) is 4.08. The van der Waals surface area contributed by atoms with E-state index >= 15 is 0 Å². The summed E-state index contributed by atoms with van der Waals surface area (Å²) in [5.74, 6) is -1.51. The summed E-state index contributed by atoms with van der Waals surface area (Å²) in [7, 11) is 0. The van der Waals surface area contributed by atoms with E-state index in [-0.39, 0.29) is 12.0 Å². The molecular weight excluding hydrogens is 290 g/mol. The molecule has 2 rings (SSSR count). The van der Waals surface area contributed by atoms with Gasteiger partial charge in [0.05, 0.1) is 16.5 Å². The summed E-state index contributed by atoms with van der Waals surface area (Å²) in [6, 6.07) is 9.02. The van der Waals surface area contributed by atoms with Gasteiger partial charge in [-0.2, -0.15) is 0 Å². The van der Waals surface area contributed by atoms with E-state index in [0.29, 0.717) is 21.2 Å². The number of rotatable bonds is 3. The van der Waals surface area contributed by atoms with E-state index in [1.165, 1.54) is 18.2 Å². The van der Waals surface area contributed by atoms with Crippen LogP contribution < -0.4 is 0 Å². The highest BCUT2D eigenvalue weighted by Crippen LogP contribution is 2.32. The first kappa shape index (κ1) is 13.8. The van der Waals surface area contributed by atoms with Crippen molar-refractivity contribution in [1.82, 2.24) is 0 Å². The lowest BCUT2D eigenvalue weighted by atomic mass is 9.97. The SMILES string of the molecule is O=C(O)Cc1cccc(F)c1-c1ccc(Cl)c(Cl)c1. The van der Waals surface area contributed by atoms with Gasteiger partial charge < -0.3 is 5.11 Å². The van der Waals surface area contributed by atoms with Gasteiger partial charge >= 0.3 is 5.97 Å². The third kappa shape index (κ3) is 3.06. The van der Waals surface area contributed by atoms with E-state index in [4.69, 9.17) is 28.3 Å². The molecule has 0 amide bonds. The third-order valence-electron chi connectivity index (χ3n) is 2.65. The van der Waals surface area contributed by atoms with Crippen molar-refractivity contribution in [2.24, 2.45) is 0 Å². The molecule has 0 bridgehead atoms. The maximum absolute atomic E-state index is 13.9. The molecule has 0 saturated carbocycles. The Morgan fingerprint density at radius 1 is 1.16 bits per heavy atom. The van der Waals surface area contributed by atoms with E-state index in [1.807, 2.05) is 0 Å². The average molecular weight is 299 g/mol. The standard InChI is InChI=1S/C14H9Cl2FO2/c15-10-5-4-9(6-11(10)16)14-8(7-13(18)19)2-1-3-12(14)17/h1-6H,7H2,(H,18,19). The zero-order valence-corrected chi connectivity index (χ0v) is 11.2. The van der Waals surface area contributed by atoms with E-state index in [2.05, 4.69) is 0 Å². The summed E-state index contributed by atoms with van der Waals surface area (Å²) in [5, 5.41) is 9.52. The molecule has 0 fully saturated rings. The van der Waals surface area contributed by atoms with Crippen LogP contribution in [0, 0.1) is 5.82 Å². The lowest BCUT2D eigenvalue weighted by molar-refractivity contribution is -0.136. The zero-order valence-electron chi connectivity index (χ0n) is 9.66. The molecule has 0 aliphatic heterocycles. The van der Waals surface area contributed by atoms with Gasteiger partial charge in [0.25, 0.3) is 0 Å². The highest BCUT2D eigenvalue weighted by atomic mass is 35.5. The molecule has 0 spiro atoms. The molecule has 0 aromatic heterocycles. The lowest BCUT2D eigenvalue weighted by Gasteiger charge is -2.10. The number of carboxylic acid groups (broad SMARTS) is 1. The van der Waals surface area contributed by atoms with Gasteiger partial charge in [0, 0.05) is 5.56 Å². The molecular formula is C14H9Cl2FO2. The molecule has 98 valence electrons. The summed E-state index contributed by atoms with van der Waals surface area (Å²) < 4.78 is 13.9. The Hall–Kier alpha value is -1.58. The summed E-state index contributed by atoms with van der Waals surface area (Å²) in [6.45, 7) is 0. The Morgan fingerprint density at radius 3 is 2.53 bits per heavy atom. The summed E-state index contributed by atoms with van der Waals surface area (Å²) in [5.41, 5.74) is 1.14. The maximum atomic E-state index is 13.9. The number of carboxylic acids is 1. The van der Waals surface area contributed by atoms with Crippen LogP contribution >= 0.6 is 23.2 Å². The van der Waals surface area contributed by atoms with Crippen LogP contribution in [0.1, 0.15) is 5.56 Å². The highest BCUT2D eigenvalue weighted by molar-refractivity contribution is 6.42. The van der Waals surface area contributed by atoms with Crippen molar-refractivity contribution in [3.63, 3.8) is 0 Å². The monoisotopic (exact) mass is 298 g/mol. The molecule has 1 N–H and O–H groups in total. The van der Waals surface area contributed by atoms with Gasteiger partial charge in [0.1, 0.15) is 5.82 Å². The van der Waals surface area contributed by atoms with Crippen molar-refractivity contribution in [2.75, 3.05) is 0 Å². The lowest BCUT2D eigenvalue weighted by Crippen LogP contribution is -2.03. The molecule has 0 heterocycles. The van der Waals surface area contributed by atoms with E-state index < -0.39 is 11.8 Å². The molecule has 0 aliphatic carbocycles. The van der Waals surface area contributed by atoms with Gasteiger partial charge in [-0.05, 0) is 29.3 Å². The first-order chi connectivity index (χ1) is 8.99. The number of carbonyl (C=O) groups is 1. The van der Waals surface area contributed by atoms with Gasteiger partial charge in [-0.3, -0.25) is 4.79 Å². The van der Waals surface area contributed by atoms with Crippen LogP contribution in [0.4, 0.5) is 4.39 Å². The minimum Gasteiger partial charge on any atom is -0.481 e. The topological polar surface area (TPSA) is 37.3 Å². The molecule has 2 aromatic rings. The van der Waals surface area contributed by atoms with Crippen molar-refractivity contribution in [3.05, 3.63) is 57.8 Å². The molecule has 2 aromatic carbocycles. The predicted molar refractivity (Wildman–Crippen MR) is 73.2 cm³/mol. The molecule has 0 unspecified atom stereocenters. The van der Waals surface area contributed by atoms with Gasteiger partial charge in [-0.1, -0.05) is 41.4 Å². The Bertz CT molecular complexity index is 641. The number of halogens is 3. The average Bonchev–Trinajstić information content (AvgIpc) is 2.32. The number of hydrogen-bond acceptors (Lipinski definition) is 1. The van der Waals surface area contributed by atoms with Crippen LogP contribution in [0.2, 0.25) is 10.0 Å². The van der Waals surface area contributed by atoms with Crippen molar-refractivity contribution < 1.29 is 14.3 Å². The maximum Gasteiger partial charge on any atom is 0.307 e. The molecule has 0 saturated heterocycles. The highest BCUT2D eigenvalue weighted by Gasteiger charge is 2.14. The first-order valence-electron chi connectivity index (χ1n) is 5.43. The second-order valence-corrected chi connectivity index (χ2v) is 4.79. The van der Waals surface area contributed by atoms with E-state index in [0.717, 1.165) is 0 Å². The molecule has 19 heavy (non-hydrogen) atoms. The van der Waals surface area contributed by atoms with Crippen LogP contribution in [-0.4, -0.2) is 11.1 Å². The minimum atomic E-state index is -1.02. The summed E-state index contributed by atoms with van der Waals surface area (Å²) >= 11 is 11.7. The number of benzene rings is 2. The predicted octanol–water partition coefficient (Wildman–Crippen LogP) is 4.43. The van der Waals surface area contributed by atoms with Crippen LogP contribution in [-0.2, 0) is 11.2 Å². The Morgan fingerprint density at radius 2 is 1.89 bits per heavy atom. The molecule has 2 nitrogen and oxygen atoms in total. The van der Waals surface area contributed by atoms with Crippen LogP contribution in [0.25, 0.3) is 11.1 Å². The van der Waals surface area contributed by atoms with Crippen LogP contribution in [0.5, 0.6) is 0 Å². The van der Waals surface area contributed by atoms with Crippen LogP contribution in [0.15, 0.2) is 36.4 Å². The fourth-order valence-corrected chi connectivity index (χ4v) is 2.15. The Labute approximate surface area is 119 Å². The van der Waals surface area contributed by atoms with Gasteiger partial charge in [0.15, 0.2) is 0 Å². The van der Waals surface area contributed by atoms with Gasteiger partial charge in [0.2, 0.25) is 0 Å². The molecule has 0 atom stereocenters. The van der Waals surface area contributed by atoms with Crippen molar-refractivity contribution >= 4 is 29.2 Å². The summed E-state index contributed by atoms with van der Waals surface area (Å²) in [4.78, 5) is 10.8. The fourth-order valence-electron chi connectivity index (χ4n) is 1.85. The fraction of sp³-hybridized carbons (Fsp3) is 0.0714. The van der Waals surface area contributed by atoms with Crippen molar-refractivity contribution in [3.8, 4) is 11.1 Å². The largest absolute Gasteiger partial charge is 0.481 e. The Balaban J connectivity index is 2.59. The van der Waals surface area contributed by atoms with Gasteiger partial charge in [-0.25, -0.2) is 4.39 Å². The number of aliphatic carboxylic acids is 1. The molecule has 5 heteroatoms. The minimum absolute atomic E-state index is 0.239. The number of hydrogen-bond donors (Lipinski definition) is 1. The van der Waals surface area contributed by atoms with Crippen LogP contribution in [0.3, 0.4) is 0 Å². The smallest absolute Gasteiger partial charge is 0.307 e. The normalized spacial score (nSPS) is 10.5. The second-order valence-electron chi connectivity index (χ2n) is 3.97. The summed E-state index contributed by atoms with van der Waals surface area (Å²) in [6.07, 6.45) is -0.257. The molecule has 0 aliphatic rings. The quantitative estimate of drug-likeness (QED) is 0.910. The van der Waals surface area contributed by atoms with Crippen molar-refractivity contribution in [1.29, 1.82) is 0 Å².